The van der Waals surface area contributed by atoms with Gasteiger partial charge in [-0.1, -0.05) is 11.6 Å². The van der Waals surface area contributed by atoms with Crippen molar-refractivity contribution in [1.29, 1.82) is 0 Å². The molecule has 4 heteroatoms. The molecule has 1 aromatic carbocycles. The van der Waals surface area contributed by atoms with Crippen LogP contribution in [0.5, 0.6) is 5.75 Å². The van der Waals surface area contributed by atoms with Gasteiger partial charge in [0.2, 0.25) is 0 Å². The van der Waals surface area contributed by atoms with Crippen LogP contribution in [0.4, 0.5) is 4.39 Å². The Morgan fingerprint density at radius 3 is 2.57 bits per heavy atom. The summed E-state index contributed by atoms with van der Waals surface area (Å²) in [6.45, 7) is 3.51. The van der Waals surface area contributed by atoms with Gasteiger partial charge in [0.25, 0.3) is 0 Å². The highest BCUT2D eigenvalue weighted by molar-refractivity contribution is 6.32. The summed E-state index contributed by atoms with van der Waals surface area (Å²) in [5, 5.41) is 9.66. The molecule has 0 amide bonds. The van der Waals surface area contributed by atoms with E-state index in [0.717, 1.165) is 0 Å². The van der Waals surface area contributed by atoms with Crippen molar-refractivity contribution in [3.8, 4) is 5.75 Å². The second-order valence-corrected chi connectivity index (χ2v) is 4.43. The van der Waals surface area contributed by atoms with Crippen LogP contribution in [-0.4, -0.2) is 10.6 Å². The Kier molecular flexibility index (Phi) is 3.02. The minimum Gasteiger partial charge on any atom is -0.506 e. The molecule has 14 heavy (non-hydrogen) atoms. The van der Waals surface area contributed by atoms with Gasteiger partial charge in [-0.25, -0.2) is 4.39 Å². The molecule has 78 valence electrons. The van der Waals surface area contributed by atoms with Crippen molar-refractivity contribution in [1.82, 2.24) is 0 Å². The molecule has 0 aromatic heterocycles. The molecule has 0 spiro atoms. The number of hydrogen-bond donors (Lipinski definition) is 2. The summed E-state index contributed by atoms with van der Waals surface area (Å²) in [5.41, 5.74) is 5.33. The van der Waals surface area contributed by atoms with Gasteiger partial charge in [-0.3, -0.25) is 0 Å². The number of phenolic OH excluding ortho intramolecular Hbond substituents is 1. The largest absolute Gasteiger partial charge is 0.506 e. The fourth-order valence-corrected chi connectivity index (χ4v) is 1.38. The monoisotopic (exact) mass is 217 g/mol. The minimum atomic E-state index is -0.580. The SMILES string of the molecule is CC(C)(N)Cc1c(F)ccc(Cl)c1O. The summed E-state index contributed by atoms with van der Waals surface area (Å²) >= 11 is 5.66. The summed E-state index contributed by atoms with van der Waals surface area (Å²) in [5.74, 6) is -0.699. The van der Waals surface area contributed by atoms with Gasteiger partial charge in [-0.05, 0) is 32.4 Å². The van der Waals surface area contributed by atoms with Crippen molar-refractivity contribution in [2.75, 3.05) is 0 Å². The van der Waals surface area contributed by atoms with Crippen LogP contribution in [0.1, 0.15) is 19.4 Å². The molecule has 0 saturated heterocycles. The third kappa shape index (κ3) is 2.59. The molecule has 0 saturated carbocycles. The average molecular weight is 218 g/mol. The Balaban J connectivity index is 3.13. The predicted octanol–water partition coefficient (Wildman–Crippen LogP) is 2.46. The van der Waals surface area contributed by atoms with Crippen molar-refractivity contribution in [2.24, 2.45) is 5.73 Å². The Morgan fingerprint density at radius 2 is 2.07 bits per heavy atom. The third-order valence-electron chi connectivity index (χ3n) is 1.81. The van der Waals surface area contributed by atoms with Crippen molar-refractivity contribution < 1.29 is 9.50 Å². The van der Waals surface area contributed by atoms with E-state index in [9.17, 15) is 9.50 Å². The second-order valence-electron chi connectivity index (χ2n) is 4.02. The van der Waals surface area contributed by atoms with Gasteiger partial charge in [-0.2, -0.15) is 0 Å². The summed E-state index contributed by atoms with van der Waals surface area (Å²) in [4.78, 5) is 0. The zero-order chi connectivity index (χ0) is 10.9. The van der Waals surface area contributed by atoms with E-state index in [1.807, 2.05) is 0 Å². The molecule has 1 aromatic rings. The number of aromatic hydroxyl groups is 1. The van der Waals surface area contributed by atoms with Crippen molar-refractivity contribution >= 4 is 11.6 Å². The maximum absolute atomic E-state index is 13.3. The van der Waals surface area contributed by atoms with Gasteiger partial charge in [0, 0.05) is 11.1 Å². The smallest absolute Gasteiger partial charge is 0.140 e. The zero-order valence-corrected chi connectivity index (χ0v) is 8.90. The number of phenols is 1. The van der Waals surface area contributed by atoms with E-state index >= 15 is 0 Å². The standard InChI is InChI=1S/C10H13ClFNO/c1-10(2,13)5-6-8(12)4-3-7(11)9(6)14/h3-4,14H,5,13H2,1-2H3. The highest BCUT2D eigenvalue weighted by atomic mass is 35.5. The number of halogens is 2. The Labute approximate surface area is 87.5 Å². The Hall–Kier alpha value is -0.800. The van der Waals surface area contributed by atoms with Gasteiger partial charge in [0.1, 0.15) is 11.6 Å². The molecule has 2 nitrogen and oxygen atoms in total. The van der Waals surface area contributed by atoms with E-state index in [1.54, 1.807) is 13.8 Å². The molecule has 0 radical (unpaired) electrons. The second kappa shape index (κ2) is 3.75. The van der Waals surface area contributed by atoms with E-state index in [1.165, 1.54) is 12.1 Å². The first-order chi connectivity index (χ1) is 6.31. The quantitative estimate of drug-likeness (QED) is 0.800. The van der Waals surface area contributed by atoms with Crippen LogP contribution >= 0.6 is 11.6 Å². The molecule has 0 atom stereocenters. The molecular formula is C10H13ClFNO. The first kappa shape index (κ1) is 11.3. The topological polar surface area (TPSA) is 46.2 Å². The number of benzene rings is 1. The van der Waals surface area contributed by atoms with Crippen LogP contribution in [0.25, 0.3) is 0 Å². The van der Waals surface area contributed by atoms with E-state index in [4.69, 9.17) is 17.3 Å². The van der Waals surface area contributed by atoms with Crippen LogP contribution in [0.15, 0.2) is 12.1 Å². The van der Waals surface area contributed by atoms with Gasteiger partial charge in [0.15, 0.2) is 0 Å². The maximum Gasteiger partial charge on any atom is 0.140 e. The molecule has 0 aliphatic rings. The van der Waals surface area contributed by atoms with Crippen molar-refractivity contribution in [3.05, 3.63) is 28.5 Å². The van der Waals surface area contributed by atoms with Gasteiger partial charge < -0.3 is 10.8 Å². The number of hydrogen-bond acceptors (Lipinski definition) is 2. The van der Waals surface area contributed by atoms with Crippen LogP contribution in [-0.2, 0) is 6.42 Å². The lowest BCUT2D eigenvalue weighted by molar-refractivity contribution is 0.436. The predicted molar refractivity (Wildman–Crippen MR) is 55.0 cm³/mol. The van der Waals surface area contributed by atoms with E-state index in [-0.39, 0.29) is 22.8 Å². The van der Waals surface area contributed by atoms with Crippen molar-refractivity contribution in [3.63, 3.8) is 0 Å². The lowest BCUT2D eigenvalue weighted by Gasteiger charge is -2.19. The molecule has 1 rings (SSSR count). The molecular weight excluding hydrogens is 205 g/mol. The fraction of sp³-hybridized carbons (Fsp3) is 0.400. The van der Waals surface area contributed by atoms with Crippen LogP contribution < -0.4 is 5.73 Å². The van der Waals surface area contributed by atoms with Crippen molar-refractivity contribution in [2.45, 2.75) is 25.8 Å². The summed E-state index contributed by atoms with van der Waals surface area (Å²) in [6, 6.07) is 2.54. The summed E-state index contributed by atoms with van der Waals surface area (Å²) in [6.07, 6.45) is 0.241. The lowest BCUT2D eigenvalue weighted by atomic mass is 9.95. The van der Waals surface area contributed by atoms with Crippen LogP contribution in [0, 0.1) is 5.82 Å². The maximum atomic E-state index is 13.3. The Bertz CT molecular complexity index is 347. The van der Waals surface area contributed by atoms with E-state index in [0.29, 0.717) is 0 Å². The summed E-state index contributed by atoms with van der Waals surface area (Å²) < 4.78 is 13.3. The molecule has 0 aliphatic carbocycles. The number of rotatable bonds is 2. The number of nitrogens with two attached hydrogens (primary N) is 1. The van der Waals surface area contributed by atoms with Crippen LogP contribution in [0.2, 0.25) is 5.02 Å². The molecule has 0 heterocycles. The summed E-state index contributed by atoms with van der Waals surface area (Å²) in [7, 11) is 0. The molecule has 0 bridgehead atoms. The first-order valence-electron chi connectivity index (χ1n) is 4.26. The molecule has 0 aliphatic heterocycles. The van der Waals surface area contributed by atoms with Gasteiger partial charge in [-0.15, -0.1) is 0 Å². The normalized spacial score (nSPS) is 11.8. The molecule has 0 fully saturated rings. The Morgan fingerprint density at radius 1 is 1.50 bits per heavy atom. The lowest BCUT2D eigenvalue weighted by Crippen LogP contribution is -2.34. The first-order valence-corrected chi connectivity index (χ1v) is 4.64. The fourth-order valence-electron chi connectivity index (χ4n) is 1.21. The van der Waals surface area contributed by atoms with E-state index < -0.39 is 11.4 Å². The molecule has 0 unspecified atom stereocenters. The average Bonchev–Trinajstić information content (AvgIpc) is 2.04. The minimum absolute atomic E-state index is 0.144. The molecule has 3 N–H and O–H groups in total. The third-order valence-corrected chi connectivity index (χ3v) is 2.11. The van der Waals surface area contributed by atoms with E-state index in [2.05, 4.69) is 0 Å². The van der Waals surface area contributed by atoms with Crippen LogP contribution in [0.3, 0.4) is 0 Å². The van der Waals surface area contributed by atoms with Gasteiger partial charge in [0.05, 0.1) is 5.02 Å². The zero-order valence-electron chi connectivity index (χ0n) is 8.14. The highest BCUT2D eigenvalue weighted by Crippen LogP contribution is 2.31. The highest BCUT2D eigenvalue weighted by Gasteiger charge is 2.19. The van der Waals surface area contributed by atoms with Gasteiger partial charge >= 0.3 is 0 Å².